The molecule has 1 amide bonds. The van der Waals surface area contributed by atoms with E-state index in [1.54, 1.807) is 0 Å². The summed E-state index contributed by atoms with van der Waals surface area (Å²) in [7, 11) is -4.34. The van der Waals surface area contributed by atoms with E-state index in [0.717, 1.165) is 12.1 Å². The van der Waals surface area contributed by atoms with E-state index in [2.05, 4.69) is 5.32 Å². The molecule has 0 aliphatic heterocycles. The monoisotopic (exact) mass is 387 g/mol. The Kier molecular flexibility index (Phi) is 7.28. The molecule has 3 N–H and O–H groups in total. The third-order valence-electron chi connectivity index (χ3n) is 3.71. The van der Waals surface area contributed by atoms with E-state index >= 15 is 0 Å². The van der Waals surface area contributed by atoms with E-state index in [1.165, 1.54) is 32.9 Å². The molecule has 0 bridgehead atoms. The number of ether oxygens (including phenoxy) is 1. The van der Waals surface area contributed by atoms with Gasteiger partial charge in [0, 0.05) is 18.5 Å². The highest BCUT2D eigenvalue weighted by Gasteiger charge is 2.32. The van der Waals surface area contributed by atoms with Crippen LogP contribution in [0.4, 0.5) is 5.69 Å². The van der Waals surface area contributed by atoms with Crippen LogP contribution in [0.3, 0.4) is 0 Å². The average molecular weight is 387 g/mol. The number of hydrogen-bond donors (Lipinski definition) is 3. The highest BCUT2D eigenvalue weighted by atomic mass is 32.2. The summed E-state index contributed by atoms with van der Waals surface area (Å²) in [5.41, 5.74) is 0.242. The van der Waals surface area contributed by atoms with Crippen LogP contribution in [0, 0.1) is 11.8 Å². The summed E-state index contributed by atoms with van der Waals surface area (Å²) in [5.74, 6) is -4.36. The fourth-order valence-corrected chi connectivity index (χ4v) is 2.84. The highest BCUT2D eigenvalue weighted by molar-refractivity contribution is 7.85. The van der Waals surface area contributed by atoms with Crippen molar-refractivity contribution in [2.75, 3.05) is 5.32 Å². The quantitative estimate of drug-likeness (QED) is 0.449. The van der Waals surface area contributed by atoms with E-state index in [-0.39, 0.29) is 17.0 Å². The molecule has 0 aromatic heterocycles. The van der Waals surface area contributed by atoms with E-state index in [1.807, 2.05) is 0 Å². The molecule has 0 heterocycles. The fourth-order valence-electron chi connectivity index (χ4n) is 2.36. The first-order chi connectivity index (χ1) is 11.9. The molecule has 1 rings (SSSR count). The van der Waals surface area contributed by atoms with Crippen LogP contribution in [-0.4, -0.2) is 42.0 Å². The smallest absolute Gasteiger partial charge is 0.307 e. The number of hydrogen-bond acceptors (Lipinski definition) is 6. The number of carbonyl (C=O) groups is 3. The Morgan fingerprint density at radius 1 is 1.15 bits per heavy atom. The first-order valence-corrected chi connectivity index (χ1v) is 9.14. The van der Waals surface area contributed by atoms with E-state index in [9.17, 15) is 27.9 Å². The molecule has 10 heteroatoms. The SMILES string of the molecule is CC(=O)OC(C)CC(C(=O)O)C(C)C(=O)Nc1ccc(S(=O)(=O)O)cc1. The summed E-state index contributed by atoms with van der Waals surface area (Å²) >= 11 is 0. The van der Waals surface area contributed by atoms with Gasteiger partial charge in [-0.2, -0.15) is 8.42 Å². The van der Waals surface area contributed by atoms with Crippen molar-refractivity contribution < 1.29 is 37.2 Å². The second kappa shape index (κ2) is 8.77. The minimum Gasteiger partial charge on any atom is -0.481 e. The number of anilines is 1. The predicted molar refractivity (Wildman–Crippen MR) is 91.0 cm³/mol. The van der Waals surface area contributed by atoms with Crippen LogP contribution in [0.25, 0.3) is 0 Å². The summed E-state index contributed by atoms with van der Waals surface area (Å²) in [6.45, 7) is 4.18. The molecule has 0 spiro atoms. The van der Waals surface area contributed by atoms with Crippen molar-refractivity contribution in [1.29, 1.82) is 0 Å². The number of benzene rings is 1. The maximum absolute atomic E-state index is 12.3. The van der Waals surface area contributed by atoms with Crippen LogP contribution in [0.2, 0.25) is 0 Å². The molecule has 26 heavy (non-hydrogen) atoms. The molecular weight excluding hydrogens is 366 g/mol. The lowest BCUT2D eigenvalue weighted by Gasteiger charge is -2.22. The molecule has 3 unspecified atom stereocenters. The van der Waals surface area contributed by atoms with Gasteiger partial charge in [-0.1, -0.05) is 6.92 Å². The Morgan fingerprint density at radius 3 is 2.12 bits per heavy atom. The molecule has 0 saturated heterocycles. The van der Waals surface area contributed by atoms with E-state index in [4.69, 9.17) is 9.29 Å². The van der Waals surface area contributed by atoms with Gasteiger partial charge in [0.05, 0.1) is 16.9 Å². The Labute approximate surface area is 151 Å². The third kappa shape index (κ3) is 6.45. The van der Waals surface area contributed by atoms with Gasteiger partial charge < -0.3 is 15.2 Å². The second-order valence-corrected chi connectivity index (χ2v) is 7.30. The van der Waals surface area contributed by atoms with Crippen LogP contribution in [0.1, 0.15) is 27.2 Å². The number of nitrogens with one attached hydrogen (secondary N) is 1. The summed E-state index contributed by atoms with van der Waals surface area (Å²) < 4.78 is 35.8. The van der Waals surface area contributed by atoms with Gasteiger partial charge in [-0.15, -0.1) is 0 Å². The van der Waals surface area contributed by atoms with Gasteiger partial charge in [-0.05, 0) is 37.6 Å². The summed E-state index contributed by atoms with van der Waals surface area (Å²) in [4.78, 5) is 34.4. The third-order valence-corrected chi connectivity index (χ3v) is 4.57. The molecule has 0 saturated carbocycles. The fraction of sp³-hybridized carbons (Fsp3) is 0.438. The van der Waals surface area contributed by atoms with Gasteiger partial charge in [0.1, 0.15) is 0 Å². The number of carboxylic acids is 1. The molecule has 1 aromatic carbocycles. The maximum Gasteiger partial charge on any atom is 0.307 e. The predicted octanol–water partition coefficient (Wildman–Crippen LogP) is 1.55. The minimum atomic E-state index is -4.34. The first-order valence-electron chi connectivity index (χ1n) is 7.70. The van der Waals surface area contributed by atoms with Crippen molar-refractivity contribution in [3.63, 3.8) is 0 Å². The first kappa shape index (κ1) is 21.6. The van der Waals surface area contributed by atoms with E-state index in [0.29, 0.717) is 0 Å². The molecule has 0 aliphatic rings. The minimum absolute atomic E-state index is 0.0365. The van der Waals surface area contributed by atoms with Crippen molar-refractivity contribution >= 4 is 33.7 Å². The normalized spacial score (nSPS) is 14.8. The van der Waals surface area contributed by atoms with Crippen LogP contribution < -0.4 is 5.32 Å². The van der Waals surface area contributed by atoms with Gasteiger partial charge in [0.15, 0.2) is 0 Å². The number of carbonyl (C=O) groups excluding carboxylic acids is 2. The number of rotatable bonds is 8. The standard InChI is InChI=1S/C16H21NO8S/c1-9(25-11(3)18)8-14(16(20)21)10(2)15(19)17-12-4-6-13(7-5-12)26(22,23)24/h4-7,9-10,14H,8H2,1-3H3,(H,17,19)(H,20,21)(H,22,23,24). The largest absolute Gasteiger partial charge is 0.481 e. The van der Waals surface area contributed by atoms with Crippen molar-refractivity contribution in [1.82, 2.24) is 0 Å². The van der Waals surface area contributed by atoms with Crippen LogP contribution in [-0.2, 0) is 29.2 Å². The van der Waals surface area contributed by atoms with Gasteiger partial charge in [-0.3, -0.25) is 18.9 Å². The molecule has 0 radical (unpaired) electrons. The average Bonchev–Trinajstić information content (AvgIpc) is 2.50. The zero-order valence-electron chi connectivity index (χ0n) is 14.5. The zero-order valence-corrected chi connectivity index (χ0v) is 15.3. The topological polar surface area (TPSA) is 147 Å². The molecule has 9 nitrogen and oxygen atoms in total. The van der Waals surface area contributed by atoms with E-state index < -0.39 is 45.9 Å². The maximum atomic E-state index is 12.3. The van der Waals surface area contributed by atoms with Crippen molar-refractivity contribution in [2.45, 2.75) is 38.2 Å². The van der Waals surface area contributed by atoms with Crippen molar-refractivity contribution in [2.24, 2.45) is 11.8 Å². The van der Waals surface area contributed by atoms with Crippen molar-refractivity contribution in [3.05, 3.63) is 24.3 Å². The molecule has 144 valence electrons. The zero-order chi connectivity index (χ0) is 20.1. The molecule has 1 aromatic rings. The second-order valence-electron chi connectivity index (χ2n) is 5.88. The van der Waals surface area contributed by atoms with Crippen LogP contribution in [0.5, 0.6) is 0 Å². The number of amides is 1. The van der Waals surface area contributed by atoms with Gasteiger partial charge in [-0.25, -0.2) is 0 Å². The van der Waals surface area contributed by atoms with Gasteiger partial charge in [0.2, 0.25) is 5.91 Å². The molecule has 0 fully saturated rings. The summed E-state index contributed by atoms with van der Waals surface area (Å²) in [5, 5.41) is 11.8. The molecular formula is C16H21NO8S. The number of esters is 1. The molecule has 0 aliphatic carbocycles. The number of aliphatic carboxylic acids is 1. The Morgan fingerprint density at radius 2 is 1.69 bits per heavy atom. The van der Waals surface area contributed by atoms with Gasteiger partial charge in [0.25, 0.3) is 10.1 Å². The Balaban J connectivity index is 2.82. The Hall–Kier alpha value is -2.46. The molecule has 3 atom stereocenters. The lowest BCUT2D eigenvalue weighted by Crippen LogP contribution is -2.34. The van der Waals surface area contributed by atoms with Crippen LogP contribution >= 0.6 is 0 Å². The number of carboxylic acid groups (broad SMARTS) is 1. The van der Waals surface area contributed by atoms with Crippen LogP contribution in [0.15, 0.2) is 29.2 Å². The lowest BCUT2D eigenvalue weighted by molar-refractivity contribution is -0.152. The summed E-state index contributed by atoms with van der Waals surface area (Å²) in [6.07, 6.45) is -0.705. The van der Waals surface area contributed by atoms with Gasteiger partial charge >= 0.3 is 11.9 Å². The summed E-state index contributed by atoms with van der Waals surface area (Å²) in [6, 6.07) is 4.75. The van der Waals surface area contributed by atoms with Crippen molar-refractivity contribution in [3.8, 4) is 0 Å². The highest BCUT2D eigenvalue weighted by Crippen LogP contribution is 2.22. The lowest BCUT2D eigenvalue weighted by atomic mass is 9.88. The Bertz CT molecular complexity index is 772.